The minimum absolute atomic E-state index is 0.00887. The molecule has 0 spiro atoms. The predicted molar refractivity (Wildman–Crippen MR) is 95.3 cm³/mol. The van der Waals surface area contributed by atoms with Crippen LogP contribution < -0.4 is 9.31 Å². The van der Waals surface area contributed by atoms with Gasteiger partial charge in [0.25, 0.3) is 0 Å². The van der Waals surface area contributed by atoms with Gasteiger partial charge in [-0.25, -0.2) is 0 Å². The average Bonchev–Trinajstić information content (AvgIpc) is 2.50. The Morgan fingerprint density at radius 1 is 1.14 bits per heavy atom. The molecule has 0 aromatic heterocycles. The molecule has 5 heteroatoms. The van der Waals surface area contributed by atoms with Crippen molar-refractivity contribution in [3.05, 3.63) is 29.8 Å². The molecular formula is C16H29NO2SSn. The minimum atomic E-state index is -3.33. The van der Waals surface area contributed by atoms with Gasteiger partial charge in [-0.05, 0) is 0 Å². The molecule has 1 aromatic rings. The Labute approximate surface area is 138 Å². The zero-order valence-corrected chi connectivity index (χ0v) is 17.4. The topological polar surface area (TPSA) is 44.5 Å². The van der Waals surface area contributed by atoms with Gasteiger partial charge in [0, 0.05) is 0 Å². The average molecular weight is 418 g/mol. The van der Waals surface area contributed by atoms with Crippen molar-refractivity contribution in [2.45, 2.75) is 39.7 Å². The van der Waals surface area contributed by atoms with Crippen LogP contribution in [0.15, 0.2) is 24.3 Å². The van der Waals surface area contributed by atoms with Gasteiger partial charge >= 0.3 is 139 Å². The molecule has 120 valence electrons. The molecule has 0 aliphatic rings. The first-order valence-electron chi connectivity index (χ1n) is 7.73. The van der Waals surface area contributed by atoms with Gasteiger partial charge in [0.15, 0.2) is 0 Å². The van der Waals surface area contributed by atoms with Crippen molar-refractivity contribution in [2.75, 3.05) is 23.2 Å². The van der Waals surface area contributed by atoms with E-state index in [9.17, 15) is 0 Å². The van der Waals surface area contributed by atoms with Crippen LogP contribution in [0.4, 0.5) is 0 Å². The van der Waals surface area contributed by atoms with Crippen molar-refractivity contribution < 1.29 is 6.15 Å². The van der Waals surface area contributed by atoms with Gasteiger partial charge < -0.3 is 0 Å². The normalized spacial score (nSPS) is 13.4. The molecule has 1 unspecified atom stereocenters. The Hall–Kier alpha value is 0.249. The van der Waals surface area contributed by atoms with E-state index in [4.69, 9.17) is 11.9 Å². The van der Waals surface area contributed by atoms with Crippen LogP contribution in [0.3, 0.4) is 0 Å². The van der Waals surface area contributed by atoms with Crippen LogP contribution in [-0.4, -0.2) is 42.4 Å². The Kier molecular flexibility index (Phi) is 9.28. The monoisotopic (exact) mass is 419 g/mol. The number of hydrogen-bond donors (Lipinski definition) is 1. The van der Waals surface area contributed by atoms with Crippen molar-refractivity contribution in [1.82, 2.24) is 0 Å². The van der Waals surface area contributed by atoms with E-state index in [2.05, 4.69) is 44.4 Å². The third-order valence-corrected chi connectivity index (χ3v) is 17.1. The van der Waals surface area contributed by atoms with Crippen molar-refractivity contribution in [3.63, 3.8) is 0 Å². The molecule has 21 heavy (non-hydrogen) atoms. The van der Waals surface area contributed by atoms with E-state index in [1.165, 1.54) is 9.14 Å². The molecular weight excluding hydrogens is 389 g/mol. The van der Waals surface area contributed by atoms with E-state index in [1.54, 1.807) is 0 Å². The van der Waals surface area contributed by atoms with Crippen molar-refractivity contribution in [2.24, 2.45) is 5.73 Å². The molecule has 0 aliphatic carbocycles. The summed E-state index contributed by atoms with van der Waals surface area (Å²) in [5.41, 5.74) is 7.37. The Balaban J connectivity index is 3.25. The van der Waals surface area contributed by atoms with E-state index >= 15 is 0 Å². The first kappa shape index (κ1) is 19.3. The third-order valence-electron chi connectivity index (χ3n) is 3.27. The van der Waals surface area contributed by atoms with Crippen molar-refractivity contribution in [1.29, 1.82) is 0 Å². The van der Waals surface area contributed by atoms with Gasteiger partial charge in [-0.3, -0.25) is 0 Å². The number of nitrogens with two attached hydrogens (primary N) is 1. The summed E-state index contributed by atoms with van der Waals surface area (Å²) in [6.07, 6.45) is 4.16. The van der Waals surface area contributed by atoms with Crippen LogP contribution in [0, 0.1) is 0 Å². The zero-order valence-electron chi connectivity index (χ0n) is 13.7. The Bertz CT molecular complexity index is 407. The summed E-state index contributed by atoms with van der Waals surface area (Å²) in [5, 5.41) is 0. The molecule has 0 amide bonds. The molecule has 0 heterocycles. The molecule has 0 fully saturated rings. The molecule has 2 N–H and O–H groups in total. The molecule has 0 saturated heterocycles. The Morgan fingerprint density at radius 2 is 1.71 bits per heavy atom. The van der Waals surface area contributed by atoms with E-state index in [-0.39, 0.29) is 6.04 Å². The second-order valence-corrected chi connectivity index (χ2v) is 16.1. The standard InChI is InChI=1S/C8H10N.2C3H7O.C2H5S.Sn/c1-7(9)8-5-3-2-4-6-8;2*1-2-3-4;1-3-2;/h2-5,7H,9H2,1H3;2*2-3H2,1H3;1H2,2H3;/q;2*-1;;+2. The first-order valence-corrected chi connectivity index (χ1v) is 14.9. The van der Waals surface area contributed by atoms with Crippen LogP contribution in [0.2, 0.25) is 0 Å². The second-order valence-electron chi connectivity index (χ2n) is 5.26. The van der Waals surface area contributed by atoms with E-state index in [0.717, 1.165) is 29.8 Å². The van der Waals surface area contributed by atoms with Gasteiger partial charge in [0.1, 0.15) is 0 Å². The molecule has 1 rings (SSSR count). The number of benzene rings is 1. The molecule has 0 radical (unpaired) electrons. The molecule has 0 saturated carbocycles. The van der Waals surface area contributed by atoms with Crippen LogP contribution in [0.5, 0.6) is 0 Å². The quantitative estimate of drug-likeness (QED) is 0.594. The molecule has 1 atom stereocenters. The molecule has 1 aromatic carbocycles. The van der Waals surface area contributed by atoms with Crippen LogP contribution in [0.25, 0.3) is 0 Å². The van der Waals surface area contributed by atoms with Crippen molar-refractivity contribution >= 4 is 34.5 Å². The summed E-state index contributed by atoms with van der Waals surface area (Å²) in [5.74, 6) is 0. The number of hydrogen-bond acceptors (Lipinski definition) is 4. The van der Waals surface area contributed by atoms with Crippen molar-refractivity contribution in [3.8, 4) is 0 Å². The number of rotatable bonds is 10. The second kappa shape index (κ2) is 10.1. The maximum absolute atomic E-state index is 6.41. The molecule has 0 aliphatic heterocycles. The fraction of sp³-hybridized carbons (Fsp3) is 0.625. The van der Waals surface area contributed by atoms with Crippen LogP contribution >= 0.6 is 11.8 Å². The van der Waals surface area contributed by atoms with E-state index in [1.807, 2.05) is 18.7 Å². The van der Waals surface area contributed by atoms with Crippen LogP contribution in [0.1, 0.15) is 45.2 Å². The maximum atomic E-state index is 6.41. The third kappa shape index (κ3) is 5.43. The van der Waals surface area contributed by atoms with Gasteiger partial charge in [0.2, 0.25) is 0 Å². The summed E-state index contributed by atoms with van der Waals surface area (Å²) in [6, 6.07) is 8.44. The van der Waals surface area contributed by atoms with E-state index < -0.39 is 19.2 Å². The summed E-state index contributed by atoms with van der Waals surface area (Å²) >= 11 is -1.50. The summed E-state index contributed by atoms with van der Waals surface area (Å²) in [6.45, 7) is 7.87. The molecule has 3 nitrogen and oxygen atoms in total. The summed E-state index contributed by atoms with van der Waals surface area (Å²) < 4.78 is 15.1. The zero-order chi connectivity index (χ0) is 15.7. The fourth-order valence-electron chi connectivity index (χ4n) is 2.32. The van der Waals surface area contributed by atoms with Gasteiger partial charge in [-0.1, -0.05) is 0 Å². The number of thioether (sulfide) groups is 1. The summed E-state index contributed by atoms with van der Waals surface area (Å²) in [7, 11) is 0. The SMILES string of the molecule is CCC[O][Sn]([CH2]SC)([O]CCC)[c]1ccccc1C(C)N. The van der Waals surface area contributed by atoms with Gasteiger partial charge in [-0.2, -0.15) is 0 Å². The van der Waals surface area contributed by atoms with E-state index in [0.29, 0.717) is 0 Å². The first-order chi connectivity index (χ1) is 10.1. The van der Waals surface area contributed by atoms with Crippen LogP contribution in [-0.2, 0) is 6.15 Å². The summed E-state index contributed by atoms with van der Waals surface area (Å²) in [4.78, 5) is 0. The fourth-order valence-corrected chi connectivity index (χ4v) is 16.4. The predicted octanol–water partition coefficient (Wildman–Crippen LogP) is 3.11. The molecule has 0 bridgehead atoms. The van der Waals surface area contributed by atoms with Gasteiger partial charge in [0.05, 0.1) is 0 Å². The van der Waals surface area contributed by atoms with Gasteiger partial charge in [-0.15, -0.1) is 0 Å². The Morgan fingerprint density at radius 3 is 2.19 bits per heavy atom.